The highest BCUT2D eigenvalue weighted by Gasteiger charge is 2.39. The molecule has 1 heterocycles. The van der Waals surface area contributed by atoms with Gasteiger partial charge >= 0.3 is 6.03 Å². The van der Waals surface area contributed by atoms with Gasteiger partial charge in [0.15, 0.2) is 5.78 Å². The van der Waals surface area contributed by atoms with E-state index in [-0.39, 0.29) is 16.6 Å². The van der Waals surface area contributed by atoms with E-state index in [9.17, 15) is 19.2 Å². The summed E-state index contributed by atoms with van der Waals surface area (Å²) in [7, 11) is 0. The van der Waals surface area contributed by atoms with E-state index >= 15 is 0 Å². The average molecular weight is 330 g/mol. The number of amides is 4. The molecular formula is C18H22N2O4. The van der Waals surface area contributed by atoms with E-state index < -0.39 is 29.0 Å². The van der Waals surface area contributed by atoms with Crippen LogP contribution in [0.2, 0.25) is 0 Å². The van der Waals surface area contributed by atoms with E-state index in [1.807, 2.05) is 58.3 Å². The van der Waals surface area contributed by atoms with E-state index in [0.29, 0.717) is 5.57 Å². The third-order valence-corrected chi connectivity index (χ3v) is 3.93. The first-order valence-electron chi connectivity index (χ1n) is 7.72. The smallest absolute Gasteiger partial charge is 0.289 e. The quantitative estimate of drug-likeness (QED) is 0.526. The van der Waals surface area contributed by atoms with Crippen LogP contribution < -0.4 is 10.6 Å². The third-order valence-electron chi connectivity index (χ3n) is 3.93. The van der Waals surface area contributed by atoms with E-state index in [2.05, 4.69) is 0 Å². The maximum atomic E-state index is 12.8. The fraction of sp³-hybridized carbons (Fsp3) is 0.444. The minimum absolute atomic E-state index is 0.0537. The second-order valence-corrected chi connectivity index (χ2v) is 8.01. The molecule has 0 bridgehead atoms. The van der Waals surface area contributed by atoms with Gasteiger partial charge < -0.3 is 0 Å². The highest BCUT2D eigenvalue weighted by molar-refractivity contribution is 6.33. The van der Waals surface area contributed by atoms with Crippen molar-refractivity contribution in [2.75, 3.05) is 0 Å². The van der Waals surface area contributed by atoms with Gasteiger partial charge in [0, 0.05) is 5.57 Å². The van der Waals surface area contributed by atoms with Gasteiger partial charge in [-0.2, -0.15) is 0 Å². The number of carbonyl (C=O) groups excluding carboxylic acids is 4. The second kappa shape index (κ2) is 5.54. The van der Waals surface area contributed by atoms with Gasteiger partial charge in [-0.05, 0) is 28.1 Å². The van der Waals surface area contributed by atoms with Gasteiger partial charge in [0.2, 0.25) is 0 Å². The first-order valence-corrected chi connectivity index (χ1v) is 7.72. The molecule has 0 radical (unpaired) electrons. The summed E-state index contributed by atoms with van der Waals surface area (Å²) in [6, 6.07) is -0.884. The minimum atomic E-state index is -0.884. The molecule has 2 rings (SSSR count). The minimum Gasteiger partial charge on any atom is -0.289 e. The van der Waals surface area contributed by atoms with Crippen molar-refractivity contribution in [2.45, 2.75) is 41.5 Å². The van der Waals surface area contributed by atoms with E-state index in [4.69, 9.17) is 0 Å². The van der Waals surface area contributed by atoms with Crippen molar-refractivity contribution in [1.29, 1.82) is 0 Å². The molecule has 0 saturated carbocycles. The zero-order valence-corrected chi connectivity index (χ0v) is 14.8. The van der Waals surface area contributed by atoms with Crippen molar-refractivity contribution in [3.63, 3.8) is 0 Å². The summed E-state index contributed by atoms with van der Waals surface area (Å²) < 4.78 is 0. The summed E-state index contributed by atoms with van der Waals surface area (Å²) in [6.07, 6.45) is 3.31. The van der Waals surface area contributed by atoms with E-state index in [1.165, 1.54) is 6.08 Å². The normalized spacial score (nSPS) is 19.8. The van der Waals surface area contributed by atoms with Crippen LogP contribution in [0.4, 0.5) is 4.79 Å². The number of imide groups is 2. The summed E-state index contributed by atoms with van der Waals surface area (Å²) in [6.45, 7) is 11.7. The Labute approximate surface area is 141 Å². The summed E-state index contributed by atoms with van der Waals surface area (Å²) in [5, 5.41) is 4.05. The highest BCUT2D eigenvalue weighted by Crippen LogP contribution is 2.41. The van der Waals surface area contributed by atoms with Crippen LogP contribution in [0, 0.1) is 10.8 Å². The van der Waals surface area contributed by atoms with Crippen LogP contribution in [-0.2, 0) is 14.4 Å². The molecule has 2 N–H and O–H groups in total. The summed E-state index contributed by atoms with van der Waals surface area (Å²) in [4.78, 5) is 48.3. The number of ketones is 1. The molecular weight excluding hydrogens is 308 g/mol. The Balaban J connectivity index is 2.73. The molecule has 0 spiro atoms. The van der Waals surface area contributed by atoms with Gasteiger partial charge in [0.05, 0.1) is 0 Å². The number of urea groups is 1. The lowest BCUT2D eigenvalue weighted by molar-refractivity contribution is -0.125. The van der Waals surface area contributed by atoms with Crippen molar-refractivity contribution in [1.82, 2.24) is 10.6 Å². The molecule has 0 aromatic rings. The van der Waals surface area contributed by atoms with Crippen molar-refractivity contribution in [2.24, 2.45) is 10.8 Å². The monoisotopic (exact) mass is 330 g/mol. The number of hydrogen-bond acceptors (Lipinski definition) is 4. The highest BCUT2D eigenvalue weighted by atomic mass is 16.2. The topological polar surface area (TPSA) is 92.3 Å². The van der Waals surface area contributed by atoms with Crippen molar-refractivity contribution in [3.05, 3.63) is 34.4 Å². The van der Waals surface area contributed by atoms with Crippen LogP contribution in [0.3, 0.4) is 0 Å². The average Bonchev–Trinajstić information content (AvgIpc) is 2.36. The lowest BCUT2D eigenvalue weighted by Gasteiger charge is -2.32. The number of allylic oxidation sites excluding steroid dienone is 5. The number of carbonyl (C=O) groups is 4. The van der Waals surface area contributed by atoms with Gasteiger partial charge in [0.1, 0.15) is 5.57 Å². The molecule has 128 valence electrons. The number of rotatable bonds is 0. The lowest BCUT2D eigenvalue weighted by Crippen LogP contribution is -2.52. The Morgan fingerprint density at radius 3 is 1.62 bits per heavy atom. The standard InChI is InChI=1S/C18H22N2O4/c1-17(2,3)9-7-10(18(4,5)6)12(11(21)8-9)13-14(22)19-16(24)20-15(13)23/h7-8H,1-6H3,(H2,19,20,22,23,24). The molecule has 6 nitrogen and oxygen atoms in total. The zero-order valence-electron chi connectivity index (χ0n) is 14.8. The van der Waals surface area contributed by atoms with Gasteiger partial charge in [-0.15, -0.1) is 0 Å². The maximum Gasteiger partial charge on any atom is 0.328 e. The summed E-state index contributed by atoms with van der Waals surface area (Å²) in [5.74, 6) is -2.10. The SMILES string of the molecule is CC(C)(C)C1=CC(=O)C(=C2C(=O)NC(=O)NC2=O)C(C(C)(C)C)=C1. The molecule has 0 atom stereocenters. The van der Waals surface area contributed by atoms with Crippen LogP contribution in [0.25, 0.3) is 0 Å². The summed E-state index contributed by atoms with van der Waals surface area (Å²) in [5.41, 5.74) is 0.451. The molecule has 0 aromatic carbocycles. The van der Waals surface area contributed by atoms with Crippen LogP contribution in [-0.4, -0.2) is 23.6 Å². The third kappa shape index (κ3) is 3.22. The Morgan fingerprint density at radius 1 is 0.708 bits per heavy atom. The largest absolute Gasteiger partial charge is 0.328 e. The first-order chi connectivity index (χ1) is 10.8. The second-order valence-electron chi connectivity index (χ2n) is 8.01. The molecule has 1 fully saturated rings. The Morgan fingerprint density at radius 2 is 1.21 bits per heavy atom. The van der Waals surface area contributed by atoms with Crippen molar-refractivity contribution >= 4 is 23.6 Å². The lowest BCUT2D eigenvalue weighted by atomic mass is 9.71. The van der Waals surface area contributed by atoms with Gasteiger partial charge in [0.25, 0.3) is 11.8 Å². The first kappa shape index (κ1) is 17.8. The van der Waals surface area contributed by atoms with E-state index in [0.717, 1.165) is 5.57 Å². The molecule has 1 aliphatic carbocycles. The molecule has 6 heteroatoms. The predicted molar refractivity (Wildman–Crippen MR) is 88.8 cm³/mol. The van der Waals surface area contributed by atoms with Gasteiger partial charge in [-0.3, -0.25) is 25.0 Å². The van der Waals surface area contributed by atoms with Crippen LogP contribution in [0.1, 0.15) is 41.5 Å². The summed E-state index contributed by atoms with van der Waals surface area (Å²) >= 11 is 0. The van der Waals surface area contributed by atoms with Crippen molar-refractivity contribution in [3.8, 4) is 0 Å². The van der Waals surface area contributed by atoms with Gasteiger partial charge in [-0.1, -0.05) is 47.6 Å². The molecule has 0 aromatic heterocycles. The van der Waals surface area contributed by atoms with Crippen LogP contribution in [0.15, 0.2) is 34.4 Å². The Hall–Kier alpha value is -2.50. The van der Waals surface area contributed by atoms with Crippen LogP contribution >= 0.6 is 0 Å². The number of barbiturate groups is 1. The molecule has 2 aliphatic rings. The molecule has 1 saturated heterocycles. The molecule has 24 heavy (non-hydrogen) atoms. The Bertz CT molecular complexity index is 731. The Kier molecular flexibility index (Phi) is 4.12. The molecule has 1 aliphatic heterocycles. The van der Waals surface area contributed by atoms with E-state index in [1.54, 1.807) is 0 Å². The van der Waals surface area contributed by atoms with Crippen molar-refractivity contribution < 1.29 is 19.2 Å². The predicted octanol–water partition coefficient (Wildman–Crippen LogP) is 2.18. The fourth-order valence-electron chi connectivity index (χ4n) is 2.59. The number of nitrogens with one attached hydrogen (secondary N) is 2. The zero-order chi connectivity index (χ0) is 18.4. The van der Waals surface area contributed by atoms with Crippen LogP contribution in [0.5, 0.6) is 0 Å². The maximum absolute atomic E-state index is 12.8. The molecule has 0 unspecified atom stereocenters. The fourth-order valence-corrected chi connectivity index (χ4v) is 2.59. The van der Waals surface area contributed by atoms with Gasteiger partial charge in [-0.25, -0.2) is 4.79 Å². The number of hydrogen-bond donors (Lipinski definition) is 2. The molecule has 4 amide bonds.